The van der Waals surface area contributed by atoms with Crippen LogP contribution in [0.2, 0.25) is 0 Å². The Hall–Kier alpha value is -2.50. The third-order valence-corrected chi connectivity index (χ3v) is 5.32. The summed E-state index contributed by atoms with van der Waals surface area (Å²) in [6.45, 7) is 0. The maximum Gasteiger partial charge on any atom is 0.264 e. The number of benzene rings is 1. The first-order chi connectivity index (χ1) is 10.0. The standard InChI is InChI=1S/C13H10N4O2S2/c14-6-8-3-4-20-13(8)17-21(18,19)12-7-16-11-5-9(15)1-2-10(11)12/h1-5,7,16-17H,15H2. The zero-order valence-electron chi connectivity index (χ0n) is 10.6. The Morgan fingerprint density at radius 1 is 1.33 bits per heavy atom. The zero-order valence-corrected chi connectivity index (χ0v) is 12.3. The van der Waals surface area contributed by atoms with E-state index in [1.165, 1.54) is 6.20 Å². The molecule has 0 atom stereocenters. The Kier molecular flexibility index (Phi) is 3.08. The molecule has 0 unspecified atom stereocenters. The summed E-state index contributed by atoms with van der Waals surface area (Å²) in [6, 6.07) is 8.47. The van der Waals surface area contributed by atoms with Crippen LogP contribution in [0.25, 0.3) is 10.9 Å². The van der Waals surface area contributed by atoms with Crippen LogP contribution in [-0.2, 0) is 10.0 Å². The van der Waals surface area contributed by atoms with Crippen molar-refractivity contribution in [2.75, 3.05) is 10.5 Å². The highest BCUT2D eigenvalue weighted by atomic mass is 32.2. The maximum atomic E-state index is 12.5. The highest BCUT2D eigenvalue weighted by molar-refractivity contribution is 7.93. The average Bonchev–Trinajstić information content (AvgIpc) is 3.04. The van der Waals surface area contributed by atoms with E-state index in [9.17, 15) is 8.42 Å². The summed E-state index contributed by atoms with van der Waals surface area (Å²) in [5, 5.41) is 11.5. The molecule has 0 amide bonds. The molecule has 0 bridgehead atoms. The molecule has 106 valence electrons. The zero-order chi connectivity index (χ0) is 15.0. The molecule has 0 saturated heterocycles. The quantitative estimate of drug-likeness (QED) is 0.644. The number of rotatable bonds is 3. The van der Waals surface area contributed by atoms with Crippen LogP contribution in [0.3, 0.4) is 0 Å². The van der Waals surface area contributed by atoms with Gasteiger partial charge in [-0.3, -0.25) is 4.72 Å². The number of nitrogens with one attached hydrogen (secondary N) is 2. The van der Waals surface area contributed by atoms with E-state index in [-0.39, 0.29) is 4.90 Å². The molecule has 2 heterocycles. The van der Waals surface area contributed by atoms with Crippen molar-refractivity contribution < 1.29 is 8.42 Å². The van der Waals surface area contributed by atoms with Gasteiger partial charge in [0.1, 0.15) is 16.0 Å². The van der Waals surface area contributed by atoms with Gasteiger partial charge in [-0.25, -0.2) is 8.42 Å². The van der Waals surface area contributed by atoms with Crippen LogP contribution in [0.4, 0.5) is 10.7 Å². The van der Waals surface area contributed by atoms with E-state index in [0.29, 0.717) is 27.2 Å². The van der Waals surface area contributed by atoms with Gasteiger partial charge in [0.05, 0.1) is 5.56 Å². The molecule has 0 saturated carbocycles. The molecule has 6 nitrogen and oxygen atoms in total. The highest BCUT2D eigenvalue weighted by Gasteiger charge is 2.21. The summed E-state index contributed by atoms with van der Waals surface area (Å²) in [5.41, 5.74) is 7.16. The second-order valence-corrected chi connectivity index (χ2v) is 6.91. The van der Waals surface area contributed by atoms with Crippen LogP contribution in [-0.4, -0.2) is 13.4 Å². The minimum Gasteiger partial charge on any atom is -0.399 e. The number of nitriles is 1. The van der Waals surface area contributed by atoms with Gasteiger partial charge in [-0.05, 0) is 29.6 Å². The van der Waals surface area contributed by atoms with Crippen molar-refractivity contribution in [3.63, 3.8) is 0 Å². The third-order valence-electron chi connectivity index (χ3n) is 2.97. The van der Waals surface area contributed by atoms with Gasteiger partial charge in [0.2, 0.25) is 0 Å². The number of hydrogen-bond donors (Lipinski definition) is 3. The van der Waals surface area contributed by atoms with E-state index in [2.05, 4.69) is 9.71 Å². The van der Waals surface area contributed by atoms with Gasteiger partial charge in [0, 0.05) is 22.8 Å². The number of nitrogens with zero attached hydrogens (tertiary/aromatic N) is 1. The average molecular weight is 318 g/mol. The molecule has 0 spiro atoms. The number of nitrogen functional groups attached to an aromatic ring is 1. The molecule has 8 heteroatoms. The van der Waals surface area contributed by atoms with Crippen molar-refractivity contribution in [3.05, 3.63) is 41.4 Å². The van der Waals surface area contributed by atoms with Crippen LogP contribution >= 0.6 is 11.3 Å². The van der Waals surface area contributed by atoms with Crippen molar-refractivity contribution in [1.82, 2.24) is 4.98 Å². The number of fused-ring (bicyclic) bond motifs is 1. The fourth-order valence-electron chi connectivity index (χ4n) is 1.99. The first kappa shape index (κ1) is 13.5. The highest BCUT2D eigenvalue weighted by Crippen LogP contribution is 2.29. The fraction of sp³-hybridized carbons (Fsp3) is 0. The molecule has 21 heavy (non-hydrogen) atoms. The molecule has 0 radical (unpaired) electrons. The predicted octanol–water partition coefficient (Wildman–Crippen LogP) is 2.48. The first-order valence-electron chi connectivity index (χ1n) is 5.88. The van der Waals surface area contributed by atoms with Crippen LogP contribution in [0.1, 0.15) is 5.56 Å². The van der Waals surface area contributed by atoms with Crippen molar-refractivity contribution in [2.24, 2.45) is 0 Å². The molecule has 2 aromatic heterocycles. The van der Waals surface area contributed by atoms with Gasteiger partial charge in [-0.1, -0.05) is 0 Å². The van der Waals surface area contributed by atoms with Gasteiger partial charge in [0.15, 0.2) is 0 Å². The number of sulfonamides is 1. The number of hydrogen-bond acceptors (Lipinski definition) is 5. The number of anilines is 2. The molecule has 0 fully saturated rings. The van der Waals surface area contributed by atoms with Crippen LogP contribution in [0.15, 0.2) is 40.7 Å². The predicted molar refractivity (Wildman–Crippen MR) is 82.6 cm³/mol. The minimum absolute atomic E-state index is 0.120. The third kappa shape index (κ3) is 2.33. The van der Waals surface area contributed by atoms with E-state index >= 15 is 0 Å². The van der Waals surface area contributed by atoms with Gasteiger partial charge >= 0.3 is 0 Å². The van der Waals surface area contributed by atoms with Gasteiger partial charge in [-0.2, -0.15) is 5.26 Å². The van der Waals surface area contributed by atoms with Gasteiger partial charge < -0.3 is 10.7 Å². The SMILES string of the molecule is N#Cc1ccsc1NS(=O)(=O)c1c[nH]c2cc(N)ccc12. The lowest BCUT2D eigenvalue weighted by Gasteiger charge is -2.05. The second kappa shape index (κ2) is 4.80. The summed E-state index contributed by atoms with van der Waals surface area (Å²) in [7, 11) is -3.77. The first-order valence-corrected chi connectivity index (χ1v) is 8.24. The van der Waals surface area contributed by atoms with Gasteiger partial charge in [0.25, 0.3) is 10.0 Å². The van der Waals surface area contributed by atoms with E-state index in [1.54, 1.807) is 29.6 Å². The molecule has 3 aromatic rings. The summed E-state index contributed by atoms with van der Waals surface area (Å²) in [5.74, 6) is 0. The number of thiophene rings is 1. The van der Waals surface area contributed by atoms with Crippen LogP contribution in [0.5, 0.6) is 0 Å². The fourth-order valence-corrected chi connectivity index (χ4v) is 4.24. The van der Waals surface area contributed by atoms with Crippen molar-refractivity contribution in [1.29, 1.82) is 5.26 Å². The lowest BCUT2D eigenvalue weighted by Crippen LogP contribution is -2.12. The Balaban J connectivity index is 2.07. The molecule has 3 rings (SSSR count). The van der Waals surface area contributed by atoms with E-state index in [1.807, 2.05) is 6.07 Å². The minimum atomic E-state index is -3.77. The lowest BCUT2D eigenvalue weighted by molar-refractivity contribution is 0.602. The lowest BCUT2D eigenvalue weighted by atomic mass is 10.2. The molecule has 0 aliphatic rings. The normalized spacial score (nSPS) is 11.4. The van der Waals surface area contributed by atoms with Crippen molar-refractivity contribution in [2.45, 2.75) is 4.90 Å². The van der Waals surface area contributed by atoms with Crippen LogP contribution in [0, 0.1) is 11.3 Å². The molecular formula is C13H10N4O2S2. The number of nitrogens with two attached hydrogens (primary N) is 1. The summed E-state index contributed by atoms with van der Waals surface area (Å²) >= 11 is 1.16. The largest absolute Gasteiger partial charge is 0.399 e. The van der Waals surface area contributed by atoms with Crippen molar-refractivity contribution in [3.8, 4) is 6.07 Å². The topological polar surface area (TPSA) is 112 Å². The van der Waals surface area contributed by atoms with E-state index in [4.69, 9.17) is 11.0 Å². The molecule has 0 aliphatic carbocycles. The Labute approximate surface area is 124 Å². The monoisotopic (exact) mass is 318 g/mol. The number of H-pyrrole nitrogens is 1. The Morgan fingerprint density at radius 2 is 2.14 bits per heavy atom. The number of aromatic nitrogens is 1. The summed E-state index contributed by atoms with van der Waals surface area (Å²) in [6.07, 6.45) is 1.41. The van der Waals surface area contributed by atoms with Crippen LogP contribution < -0.4 is 10.5 Å². The molecule has 4 N–H and O–H groups in total. The van der Waals surface area contributed by atoms with E-state index < -0.39 is 10.0 Å². The van der Waals surface area contributed by atoms with Gasteiger partial charge in [-0.15, -0.1) is 11.3 Å². The number of aromatic amines is 1. The Bertz CT molecular complexity index is 964. The molecule has 0 aliphatic heterocycles. The molecular weight excluding hydrogens is 308 g/mol. The second-order valence-electron chi connectivity index (χ2n) is 4.34. The maximum absolute atomic E-state index is 12.5. The molecule has 1 aromatic carbocycles. The Morgan fingerprint density at radius 3 is 2.90 bits per heavy atom. The van der Waals surface area contributed by atoms with Crippen molar-refractivity contribution >= 4 is 43.0 Å². The smallest absolute Gasteiger partial charge is 0.264 e. The summed E-state index contributed by atoms with van der Waals surface area (Å²) < 4.78 is 27.4. The van der Waals surface area contributed by atoms with E-state index in [0.717, 1.165) is 11.3 Å². The summed E-state index contributed by atoms with van der Waals surface area (Å²) in [4.78, 5) is 3.00.